The number of hydrogen-bond donors (Lipinski definition) is 1. The average Bonchev–Trinajstić information content (AvgIpc) is 3.02. The van der Waals surface area contributed by atoms with E-state index in [-0.39, 0.29) is 11.6 Å². The fraction of sp³-hybridized carbons (Fsp3) is 0. The van der Waals surface area contributed by atoms with Crippen LogP contribution in [0.15, 0.2) is 59.0 Å². The molecule has 1 N–H and O–H groups in total. The fourth-order valence-electron chi connectivity index (χ4n) is 2.01. The molecule has 3 rings (SSSR count). The Balaban J connectivity index is 1.81. The quantitative estimate of drug-likeness (QED) is 0.664. The Bertz CT molecular complexity index is 859. The van der Waals surface area contributed by atoms with Crippen molar-refractivity contribution in [2.24, 2.45) is 0 Å². The number of hydrogen-bond acceptors (Lipinski definition) is 2. The maximum atomic E-state index is 12.9. The number of anilines is 1. The zero-order valence-corrected chi connectivity index (χ0v) is 13.2. The summed E-state index contributed by atoms with van der Waals surface area (Å²) in [5.41, 5.74) is 1.06. The Hall–Kier alpha value is -2.30. The zero-order chi connectivity index (χ0) is 16.4. The third-order valence-electron chi connectivity index (χ3n) is 3.14. The molecule has 0 unspecified atom stereocenters. The van der Waals surface area contributed by atoms with Crippen molar-refractivity contribution in [3.8, 4) is 11.3 Å². The molecule has 0 aliphatic carbocycles. The molecule has 116 valence electrons. The first-order valence-electron chi connectivity index (χ1n) is 6.65. The first-order valence-corrected chi connectivity index (χ1v) is 7.41. The van der Waals surface area contributed by atoms with E-state index in [0.29, 0.717) is 27.1 Å². The van der Waals surface area contributed by atoms with Crippen molar-refractivity contribution in [1.82, 2.24) is 0 Å². The number of carbonyl (C=O) groups excluding carboxylic acids is 1. The Morgan fingerprint density at radius 1 is 1.00 bits per heavy atom. The third-order valence-corrected chi connectivity index (χ3v) is 3.70. The molecule has 0 spiro atoms. The van der Waals surface area contributed by atoms with Crippen LogP contribution in [0.3, 0.4) is 0 Å². The second-order valence-electron chi connectivity index (χ2n) is 4.75. The van der Waals surface area contributed by atoms with Gasteiger partial charge in [0.05, 0.1) is 10.7 Å². The van der Waals surface area contributed by atoms with Crippen molar-refractivity contribution < 1.29 is 13.6 Å². The van der Waals surface area contributed by atoms with Crippen molar-refractivity contribution in [3.05, 3.63) is 76.2 Å². The first-order chi connectivity index (χ1) is 11.0. The van der Waals surface area contributed by atoms with Crippen molar-refractivity contribution >= 4 is 34.8 Å². The maximum absolute atomic E-state index is 12.9. The van der Waals surface area contributed by atoms with Crippen LogP contribution >= 0.6 is 23.2 Å². The van der Waals surface area contributed by atoms with Crippen LogP contribution < -0.4 is 5.32 Å². The summed E-state index contributed by atoms with van der Waals surface area (Å²) in [6.07, 6.45) is 0. The van der Waals surface area contributed by atoms with Crippen LogP contribution in [-0.2, 0) is 0 Å². The smallest absolute Gasteiger partial charge is 0.291 e. The number of furan rings is 1. The Morgan fingerprint density at radius 2 is 1.74 bits per heavy atom. The van der Waals surface area contributed by atoms with Gasteiger partial charge in [0.15, 0.2) is 5.76 Å². The molecule has 0 bridgehead atoms. The lowest BCUT2D eigenvalue weighted by Crippen LogP contribution is -2.11. The molecule has 0 aliphatic heterocycles. The minimum atomic E-state index is -0.456. The SMILES string of the molecule is O=C(Nc1cc(Cl)ccc1Cl)c1ccc(-c2ccc(F)cc2)o1. The molecule has 1 amide bonds. The largest absolute Gasteiger partial charge is 0.451 e. The van der Waals surface area contributed by atoms with E-state index in [4.69, 9.17) is 27.6 Å². The highest BCUT2D eigenvalue weighted by atomic mass is 35.5. The van der Waals surface area contributed by atoms with Gasteiger partial charge in [-0.05, 0) is 54.6 Å². The molecule has 2 aromatic carbocycles. The number of rotatable bonds is 3. The maximum Gasteiger partial charge on any atom is 0.291 e. The van der Waals surface area contributed by atoms with Gasteiger partial charge in [0.2, 0.25) is 0 Å². The second-order valence-corrected chi connectivity index (χ2v) is 5.59. The van der Waals surface area contributed by atoms with Gasteiger partial charge in [-0.3, -0.25) is 4.79 Å². The monoisotopic (exact) mass is 349 g/mol. The van der Waals surface area contributed by atoms with Crippen LogP contribution in [0.4, 0.5) is 10.1 Å². The van der Waals surface area contributed by atoms with Gasteiger partial charge >= 0.3 is 0 Å². The Kier molecular flexibility index (Phi) is 4.37. The van der Waals surface area contributed by atoms with Gasteiger partial charge < -0.3 is 9.73 Å². The molecule has 0 saturated carbocycles. The summed E-state index contributed by atoms with van der Waals surface area (Å²) >= 11 is 11.9. The third kappa shape index (κ3) is 3.55. The topological polar surface area (TPSA) is 42.2 Å². The summed E-state index contributed by atoms with van der Waals surface area (Å²) in [6, 6.07) is 13.7. The highest BCUT2D eigenvalue weighted by molar-refractivity contribution is 6.35. The molecule has 23 heavy (non-hydrogen) atoms. The summed E-state index contributed by atoms with van der Waals surface area (Å²) in [7, 11) is 0. The minimum Gasteiger partial charge on any atom is -0.451 e. The molecular weight excluding hydrogens is 340 g/mol. The number of amides is 1. The summed E-state index contributed by atoms with van der Waals surface area (Å²) in [5.74, 6) is -0.218. The normalized spacial score (nSPS) is 10.6. The van der Waals surface area contributed by atoms with E-state index in [9.17, 15) is 9.18 Å². The van der Waals surface area contributed by atoms with Crippen LogP contribution in [-0.4, -0.2) is 5.91 Å². The molecule has 0 aliphatic rings. The van der Waals surface area contributed by atoms with Gasteiger partial charge in [0.25, 0.3) is 5.91 Å². The van der Waals surface area contributed by atoms with Crippen LogP contribution in [0.25, 0.3) is 11.3 Å². The van der Waals surface area contributed by atoms with E-state index in [1.54, 1.807) is 36.4 Å². The van der Waals surface area contributed by atoms with Crippen molar-refractivity contribution in [2.45, 2.75) is 0 Å². The molecule has 3 nitrogen and oxygen atoms in total. The minimum absolute atomic E-state index is 0.111. The number of halogens is 3. The van der Waals surface area contributed by atoms with Crippen molar-refractivity contribution in [3.63, 3.8) is 0 Å². The molecular formula is C17H10Cl2FNO2. The summed E-state index contributed by atoms with van der Waals surface area (Å²) in [4.78, 5) is 12.2. The van der Waals surface area contributed by atoms with E-state index in [1.165, 1.54) is 18.2 Å². The average molecular weight is 350 g/mol. The Labute approximate surface area is 141 Å². The molecule has 0 saturated heterocycles. The number of carbonyl (C=O) groups is 1. The zero-order valence-electron chi connectivity index (χ0n) is 11.6. The number of nitrogens with one attached hydrogen (secondary N) is 1. The highest BCUT2D eigenvalue weighted by Crippen LogP contribution is 2.27. The van der Waals surface area contributed by atoms with Gasteiger partial charge in [-0.25, -0.2) is 4.39 Å². The highest BCUT2D eigenvalue weighted by Gasteiger charge is 2.14. The summed E-state index contributed by atoms with van der Waals surface area (Å²) < 4.78 is 18.4. The molecule has 1 aromatic heterocycles. The number of benzene rings is 2. The summed E-state index contributed by atoms with van der Waals surface area (Å²) in [5, 5.41) is 3.46. The molecule has 0 fully saturated rings. The van der Waals surface area contributed by atoms with E-state index in [0.717, 1.165) is 0 Å². The van der Waals surface area contributed by atoms with Crippen LogP contribution in [0, 0.1) is 5.82 Å². The van der Waals surface area contributed by atoms with Crippen LogP contribution in [0.2, 0.25) is 10.0 Å². The van der Waals surface area contributed by atoms with Gasteiger partial charge in [-0.1, -0.05) is 23.2 Å². The van der Waals surface area contributed by atoms with E-state index >= 15 is 0 Å². The van der Waals surface area contributed by atoms with E-state index in [1.807, 2.05) is 0 Å². The Morgan fingerprint density at radius 3 is 2.48 bits per heavy atom. The standard InChI is InChI=1S/C17H10Cl2FNO2/c18-11-3-6-13(19)14(9-11)21-17(22)16-8-7-15(23-16)10-1-4-12(20)5-2-10/h1-9H,(H,21,22). The van der Waals surface area contributed by atoms with Crippen molar-refractivity contribution in [2.75, 3.05) is 5.32 Å². The van der Waals surface area contributed by atoms with Crippen LogP contribution in [0.1, 0.15) is 10.6 Å². The van der Waals surface area contributed by atoms with Gasteiger partial charge in [0.1, 0.15) is 11.6 Å². The fourth-order valence-corrected chi connectivity index (χ4v) is 2.34. The lowest BCUT2D eigenvalue weighted by molar-refractivity contribution is 0.0997. The van der Waals surface area contributed by atoms with E-state index in [2.05, 4.69) is 5.32 Å². The molecule has 1 heterocycles. The van der Waals surface area contributed by atoms with Crippen LogP contribution in [0.5, 0.6) is 0 Å². The molecule has 6 heteroatoms. The van der Waals surface area contributed by atoms with E-state index < -0.39 is 5.91 Å². The molecule has 3 aromatic rings. The van der Waals surface area contributed by atoms with Gasteiger partial charge in [-0.15, -0.1) is 0 Å². The van der Waals surface area contributed by atoms with Crippen molar-refractivity contribution in [1.29, 1.82) is 0 Å². The lowest BCUT2D eigenvalue weighted by Gasteiger charge is -2.06. The predicted octanol–water partition coefficient (Wildman–Crippen LogP) is 5.64. The summed E-state index contributed by atoms with van der Waals surface area (Å²) in [6.45, 7) is 0. The second kappa shape index (κ2) is 6.44. The first kappa shape index (κ1) is 15.6. The lowest BCUT2D eigenvalue weighted by atomic mass is 10.2. The molecule has 0 radical (unpaired) electrons. The predicted molar refractivity (Wildman–Crippen MR) is 88.5 cm³/mol. The van der Waals surface area contributed by atoms with Gasteiger partial charge in [-0.2, -0.15) is 0 Å². The van der Waals surface area contributed by atoms with Gasteiger partial charge in [0, 0.05) is 10.6 Å². The molecule has 0 atom stereocenters.